The number of para-hydroxylation sites is 3. The van der Waals surface area contributed by atoms with Crippen molar-refractivity contribution in [1.82, 2.24) is 9.13 Å². The molecule has 0 spiro atoms. The van der Waals surface area contributed by atoms with Crippen LogP contribution < -0.4 is 0 Å². The van der Waals surface area contributed by atoms with Crippen LogP contribution in [0.2, 0.25) is 0 Å². The summed E-state index contributed by atoms with van der Waals surface area (Å²) in [5.41, 5.74) is 7.93. The Morgan fingerprint density at radius 1 is 0.538 bits per heavy atom. The van der Waals surface area contributed by atoms with Crippen LogP contribution >= 0.6 is 0 Å². The first-order valence-electron chi connectivity index (χ1n) is 13.6. The van der Waals surface area contributed by atoms with Crippen molar-refractivity contribution in [2.45, 2.75) is 12.5 Å². The van der Waals surface area contributed by atoms with E-state index in [1.165, 1.54) is 54.4 Å². The molecule has 1 aliphatic rings. The normalized spacial score (nSPS) is 15.6. The molecular weight excluding hydrogens is 476 g/mol. The maximum Gasteiger partial charge on any atom is 0.136 e. The molecule has 3 nitrogen and oxygen atoms in total. The maximum absolute atomic E-state index is 6.59. The first-order chi connectivity index (χ1) is 19.4. The Labute approximate surface area is 224 Å². The highest BCUT2D eigenvalue weighted by Crippen LogP contribution is 2.46. The van der Waals surface area contributed by atoms with Crippen LogP contribution in [0.5, 0.6) is 0 Å². The molecule has 0 radical (unpaired) electrons. The number of hydrogen-bond acceptors (Lipinski definition) is 1. The zero-order chi connectivity index (χ0) is 25.5. The first kappa shape index (κ1) is 21.0. The molecule has 3 aromatic heterocycles. The summed E-state index contributed by atoms with van der Waals surface area (Å²) in [4.78, 5) is 0. The van der Waals surface area contributed by atoms with Gasteiger partial charge < -0.3 is 13.6 Å². The molecule has 0 fully saturated rings. The topological polar surface area (TPSA) is 23.0 Å². The van der Waals surface area contributed by atoms with E-state index in [0.717, 1.165) is 23.3 Å². The van der Waals surface area contributed by atoms with E-state index < -0.39 is 0 Å². The monoisotopic (exact) mass is 500 g/mol. The van der Waals surface area contributed by atoms with Crippen LogP contribution in [0, 0.1) is 0 Å². The summed E-state index contributed by atoms with van der Waals surface area (Å²) in [5, 5.41) is 7.43. The summed E-state index contributed by atoms with van der Waals surface area (Å²) in [5.74, 6) is 0. The number of furan rings is 1. The second-order valence-corrected chi connectivity index (χ2v) is 10.5. The summed E-state index contributed by atoms with van der Waals surface area (Å²) in [6, 6.07) is 37.3. The van der Waals surface area contributed by atoms with Gasteiger partial charge >= 0.3 is 0 Å². The lowest BCUT2D eigenvalue weighted by molar-refractivity contribution is 0.647. The third kappa shape index (κ3) is 2.77. The van der Waals surface area contributed by atoms with E-state index >= 15 is 0 Å². The van der Waals surface area contributed by atoms with Crippen LogP contribution in [0.15, 0.2) is 132 Å². The lowest BCUT2D eigenvalue weighted by Crippen LogP contribution is -2.06. The summed E-state index contributed by atoms with van der Waals surface area (Å²) in [6.07, 6.45) is 9.88. The number of hydrogen-bond donors (Lipinski definition) is 0. The van der Waals surface area contributed by atoms with E-state index in [9.17, 15) is 0 Å². The zero-order valence-corrected chi connectivity index (χ0v) is 21.2. The number of nitrogens with zero attached hydrogens (tertiary/aromatic N) is 2. The third-order valence-electron chi connectivity index (χ3n) is 8.41. The first-order valence-corrected chi connectivity index (χ1v) is 13.6. The Balaban J connectivity index is 1.51. The average Bonchev–Trinajstić information content (AvgIpc) is 3.65. The van der Waals surface area contributed by atoms with Crippen molar-refractivity contribution in [2.75, 3.05) is 0 Å². The van der Waals surface area contributed by atoms with Gasteiger partial charge in [-0.25, -0.2) is 0 Å². The molecule has 184 valence electrons. The van der Waals surface area contributed by atoms with Crippen molar-refractivity contribution < 1.29 is 4.42 Å². The maximum atomic E-state index is 6.59. The Morgan fingerprint density at radius 3 is 1.92 bits per heavy atom. The van der Waals surface area contributed by atoms with E-state index in [1.807, 2.05) is 0 Å². The van der Waals surface area contributed by atoms with E-state index in [4.69, 9.17) is 4.42 Å². The van der Waals surface area contributed by atoms with Crippen molar-refractivity contribution in [3.63, 3.8) is 0 Å². The molecule has 39 heavy (non-hydrogen) atoms. The lowest BCUT2D eigenvalue weighted by Gasteiger charge is -2.18. The van der Waals surface area contributed by atoms with Crippen molar-refractivity contribution >= 4 is 65.6 Å². The van der Waals surface area contributed by atoms with Crippen molar-refractivity contribution in [2.24, 2.45) is 0 Å². The fourth-order valence-corrected chi connectivity index (χ4v) is 6.87. The Kier molecular flexibility index (Phi) is 4.17. The van der Waals surface area contributed by atoms with Gasteiger partial charge in [0.2, 0.25) is 0 Å². The summed E-state index contributed by atoms with van der Waals surface area (Å²) in [6.45, 7) is 0. The summed E-state index contributed by atoms with van der Waals surface area (Å²) in [7, 11) is 0. The van der Waals surface area contributed by atoms with E-state index in [-0.39, 0.29) is 6.04 Å². The molecule has 1 aliphatic carbocycles. The molecule has 0 saturated heterocycles. The van der Waals surface area contributed by atoms with Crippen LogP contribution in [-0.4, -0.2) is 9.13 Å². The summed E-state index contributed by atoms with van der Waals surface area (Å²) >= 11 is 0. The summed E-state index contributed by atoms with van der Waals surface area (Å²) < 4.78 is 11.5. The van der Waals surface area contributed by atoms with E-state index in [1.54, 1.807) is 0 Å². The molecule has 0 amide bonds. The number of aromatic nitrogens is 2. The second-order valence-electron chi connectivity index (χ2n) is 10.5. The van der Waals surface area contributed by atoms with Crippen LogP contribution in [0.1, 0.15) is 12.5 Å². The van der Waals surface area contributed by atoms with Crippen LogP contribution in [0.4, 0.5) is 0 Å². The molecule has 0 saturated carbocycles. The predicted octanol–water partition coefficient (Wildman–Crippen LogP) is 9.85. The van der Waals surface area contributed by atoms with Gasteiger partial charge in [-0.15, -0.1) is 0 Å². The number of rotatable bonds is 2. The minimum atomic E-state index is 0.285. The van der Waals surface area contributed by atoms with Gasteiger partial charge in [-0.3, -0.25) is 0 Å². The molecule has 9 rings (SSSR count). The van der Waals surface area contributed by atoms with Gasteiger partial charge in [0.25, 0.3) is 0 Å². The van der Waals surface area contributed by atoms with Gasteiger partial charge in [-0.05, 0) is 55.0 Å². The third-order valence-corrected chi connectivity index (χ3v) is 8.41. The second kappa shape index (κ2) is 7.75. The molecule has 0 bridgehead atoms. The van der Waals surface area contributed by atoms with Gasteiger partial charge in [-0.1, -0.05) is 78.9 Å². The highest BCUT2D eigenvalue weighted by Gasteiger charge is 2.24. The largest absolute Gasteiger partial charge is 0.456 e. The van der Waals surface area contributed by atoms with Crippen molar-refractivity contribution in [1.29, 1.82) is 0 Å². The zero-order valence-electron chi connectivity index (χ0n) is 21.2. The van der Waals surface area contributed by atoms with Crippen molar-refractivity contribution in [3.05, 3.63) is 127 Å². The van der Waals surface area contributed by atoms with E-state index in [0.29, 0.717) is 0 Å². The quantitative estimate of drug-likeness (QED) is 0.232. The van der Waals surface area contributed by atoms with Gasteiger partial charge in [0, 0.05) is 43.5 Å². The molecule has 5 aromatic carbocycles. The molecular formula is C36H24N2O. The van der Waals surface area contributed by atoms with E-state index in [2.05, 4.69) is 137 Å². The standard InChI is InChI=1S/C36H24N2O/c1-3-11-23(12-4-1)37-27-17-9-7-15-25(27)33-29(37)19-21-31-35(33)36-32(39-31)22-20-30-34(36)26-16-8-10-18-28(26)38(30)24-13-5-2-6-14-24/h1-13,15-22,24H,14H2. The van der Waals surface area contributed by atoms with Crippen LogP contribution in [0.3, 0.4) is 0 Å². The van der Waals surface area contributed by atoms with Crippen LogP contribution in [-0.2, 0) is 0 Å². The Hall–Kier alpha value is -5.02. The fraction of sp³-hybridized carbons (Fsp3) is 0.0556. The predicted molar refractivity (Wildman–Crippen MR) is 163 cm³/mol. The molecule has 0 aliphatic heterocycles. The molecule has 3 heterocycles. The Bertz CT molecular complexity index is 2310. The molecule has 0 N–H and O–H groups in total. The van der Waals surface area contributed by atoms with Gasteiger partial charge in [0.05, 0.1) is 22.6 Å². The minimum absolute atomic E-state index is 0.285. The Morgan fingerprint density at radius 2 is 1.18 bits per heavy atom. The highest BCUT2D eigenvalue weighted by atomic mass is 16.3. The number of allylic oxidation sites excluding steroid dienone is 4. The smallest absolute Gasteiger partial charge is 0.136 e. The average molecular weight is 501 g/mol. The van der Waals surface area contributed by atoms with Crippen molar-refractivity contribution in [3.8, 4) is 5.69 Å². The SMILES string of the molecule is C1=CCC(n2c3ccccc3c3c4c(ccc32)oc2ccc3c(c5ccccc5n3-c3ccccc3)c24)C=C1. The highest BCUT2D eigenvalue weighted by molar-refractivity contribution is 6.34. The van der Waals surface area contributed by atoms with Gasteiger partial charge in [-0.2, -0.15) is 0 Å². The number of fused-ring (bicyclic) bond motifs is 11. The fourth-order valence-electron chi connectivity index (χ4n) is 6.87. The van der Waals surface area contributed by atoms with Gasteiger partial charge in [0.1, 0.15) is 11.2 Å². The van der Waals surface area contributed by atoms with Gasteiger partial charge in [0.15, 0.2) is 0 Å². The lowest BCUT2D eigenvalue weighted by atomic mass is 10.0. The molecule has 1 unspecified atom stereocenters. The molecule has 3 heteroatoms. The minimum Gasteiger partial charge on any atom is -0.456 e. The van der Waals surface area contributed by atoms with Crippen LogP contribution in [0.25, 0.3) is 71.2 Å². The molecule has 8 aromatic rings. The molecule has 1 atom stereocenters. The number of benzene rings is 5.